The molecule has 1 amide bonds. The van der Waals surface area contributed by atoms with E-state index >= 15 is 0 Å². The molecule has 2 aromatic heterocycles. The van der Waals surface area contributed by atoms with Crippen molar-refractivity contribution >= 4 is 34.9 Å². The van der Waals surface area contributed by atoms with E-state index < -0.39 is 41.2 Å². The Balaban J connectivity index is 1.57. The number of aromatic nitrogens is 2. The number of fused-ring (bicyclic) bond motifs is 5. The van der Waals surface area contributed by atoms with Crippen molar-refractivity contribution in [1.82, 2.24) is 14.9 Å². The van der Waals surface area contributed by atoms with Gasteiger partial charge in [0.2, 0.25) is 6.04 Å². The number of hydrogen-bond donors (Lipinski definition) is 4. The van der Waals surface area contributed by atoms with E-state index in [1.54, 1.807) is 24.4 Å². The van der Waals surface area contributed by atoms with Gasteiger partial charge in [-0.05, 0) is 42.7 Å². The van der Waals surface area contributed by atoms with E-state index in [0.29, 0.717) is 28.7 Å². The van der Waals surface area contributed by atoms with Gasteiger partial charge in [0.15, 0.2) is 5.60 Å². The van der Waals surface area contributed by atoms with E-state index in [2.05, 4.69) is 0 Å². The second kappa shape index (κ2) is 9.20. The summed E-state index contributed by atoms with van der Waals surface area (Å²) in [5.41, 5.74) is 1.14. The fraction of sp³-hybridized carbons (Fsp3) is 0.308. The normalized spacial score (nSPS) is 17.3. The standard InChI is InChI=1S/C26H23N3O10/c1-3-12-13-7-11(39-25(36)28-20(22(31)32)23(33)34)5-6-17(13)27-19-14(12)9-29-18(19)8-16-15(21(29)30)10-38-24(35)26(16,37)4-2/h5-8,20,37H,3-4,9-10H2,1-2H3,(H,28,36)(H,31,32)(H,33,34)/t26-/m0/s1. The Labute approximate surface area is 219 Å². The van der Waals surface area contributed by atoms with Crippen molar-refractivity contribution in [1.29, 1.82) is 0 Å². The van der Waals surface area contributed by atoms with E-state index in [9.17, 15) is 29.1 Å². The Morgan fingerprint density at radius 2 is 1.87 bits per heavy atom. The van der Waals surface area contributed by atoms with E-state index in [1.165, 1.54) is 16.7 Å². The first-order valence-corrected chi connectivity index (χ1v) is 12.1. The van der Waals surface area contributed by atoms with Crippen LogP contribution in [0, 0.1) is 0 Å². The van der Waals surface area contributed by atoms with Gasteiger partial charge in [0.05, 0.1) is 29.0 Å². The highest BCUT2D eigenvalue weighted by Crippen LogP contribution is 2.40. The molecular weight excluding hydrogens is 514 g/mol. The van der Waals surface area contributed by atoms with Crippen LogP contribution in [0.15, 0.2) is 29.1 Å². The Kier molecular flexibility index (Phi) is 6.10. The molecule has 2 aliphatic heterocycles. The number of nitrogens with one attached hydrogen (secondary N) is 1. The molecular formula is C26H23N3O10. The van der Waals surface area contributed by atoms with Gasteiger partial charge in [-0.25, -0.2) is 24.2 Å². The number of aryl methyl sites for hydroxylation is 1. The van der Waals surface area contributed by atoms with Crippen LogP contribution in [0.3, 0.4) is 0 Å². The lowest BCUT2D eigenvalue weighted by molar-refractivity contribution is -0.172. The highest BCUT2D eigenvalue weighted by Gasteiger charge is 2.45. The number of carboxylic acid groups (broad SMARTS) is 2. The first kappa shape index (κ1) is 25.9. The highest BCUT2D eigenvalue weighted by atomic mass is 16.6. The molecule has 5 rings (SSSR count). The number of esters is 1. The molecule has 39 heavy (non-hydrogen) atoms. The number of hydrogen-bond acceptors (Lipinski definition) is 9. The molecule has 3 aromatic rings. The van der Waals surface area contributed by atoms with Crippen LogP contribution < -0.4 is 15.6 Å². The maximum absolute atomic E-state index is 13.4. The number of benzene rings is 1. The maximum atomic E-state index is 13.4. The second-order valence-electron chi connectivity index (χ2n) is 9.20. The third-order valence-corrected chi connectivity index (χ3v) is 7.10. The minimum absolute atomic E-state index is 0.0238. The van der Waals surface area contributed by atoms with Crippen LogP contribution in [-0.4, -0.2) is 54.9 Å². The van der Waals surface area contributed by atoms with Crippen molar-refractivity contribution in [3.8, 4) is 17.1 Å². The summed E-state index contributed by atoms with van der Waals surface area (Å²) in [4.78, 5) is 64.8. The number of aliphatic hydroxyl groups is 1. The van der Waals surface area contributed by atoms with Crippen LogP contribution in [-0.2, 0) is 44.3 Å². The summed E-state index contributed by atoms with van der Waals surface area (Å²) in [5.74, 6) is -4.29. The molecule has 4 heterocycles. The zero-order chi connectivity index (χ0) is 28.2. The summed E-state index contributed by atoms with van der Waals surface area (Å²) < 4.78 is 11.8. The van der Waals surface area contributed by atoms with Gasteiger partial charge >= 0.3 is 24.0 Å². The summed E-state index contributed by atoms with van der Waals surface area (Å²) in [6.07, 6.45) is -0.725. The topological polar surface area (TPSA) is 194 Å². The molecule has 0 fully saturated rings. The van der Waals surface area contributed by atoms with Gasteiger partial charge in [-0.2, -0.15) is 0 Å². The van der Waals surface area contributed by atoms with Crippen molar-refractivity contribution in [2.24, 2.45) is 0 Å². The van der Waals surface area contributed by atoms with Crippen LogP contribution in [0.4, 0.5) is 4.79 Å². The quantitative estimate of drug-likeness (QED) is 0.204. The zero-order valence-electron chi connectivity index (χ0n) is 20.8. The number of ether oxygens (including phenoxy) is 2. The molecule has 0 spiro atoms. The summed E-state index contributed by atoms with van der Waals surface area (Å²) in [5, 5.41) is 31.3. The van der Waals surface area contributed by atoms with Crippen LogP contribution in [0.1, 0.15) is 42.5 Å². The van der Waals surface area contributed by atoms with Crippen LogP contribution in [0.2, 0.25) is 0 Å². The van der Waals surface area contributed by atoms with Gasteiger partial charge in [-0.15, -0.1) is 0 Å². The molecule has 13 nitrogen and oxygen atoms in total. The van der Waals surface area contributed by atoms with Crippen molar-refractivity contribution in [2.75, 3.05) is 0 Å². The third-order valence-electron chi connectivity index (χ3n) is 7.10. The summed E-state index contributed by atoms with van der Waals surface area (Å²) in [6, 6.07) is 3.95. The summed E-state index contributed by atoms with van der Waals surface area (Å²) >= 11 is 0. The van der Waals surface area contributed by atoms with Crippen LogP contribution in [0.5, 0.6) is 5.75 Å². The van der Waals surface area contributed by atoms with E-state index in [4.69, 9.17) is 24.7 Å². The van der Waals surface area contributed by atoms with Gasteiger partial charge in [0.25, 0.3) is 5.56 Å². The number of carbonyl (C=O) groups is 4. The lowest BCUT2D eigenvalue weighted by Crippen LogP contribution is -2.47. The van der Waals surface area contributed by atoms with Gasteiger partial charge in [0.1, 0.15) is 12.4 Å². The van der Waals surface area contributed by atoms with Crippen molar-refractivity contribution < 1.29 is 44.0 Å². The van der Waals surface area contributed by atoms with Crippen LogP contribution >= 0.6 is 0 Å². The Bertz CT molecular complexity index is 1650. The molecule has 4 N–H and O–H groups in total. The largest absolute Gasteiger partial charge is 0.479 e. The van der Waals surface area contributed by atoms with Gasteiger partial charge < -0.3 is 29.4 Å². The smallest absolute Gasteiger partial charge is 0.413 e. The van der Waals surface area contributed by atoms with Crippen molar-refractivity contribution in [2.45, 2.75) is 51.5 Å². The van der Waals surface area contributed by atoms with Crippen LogP contribution in [0.25, 0.3) is 22.3 Å². The third kappa shape index (κ3) is 3.98. The van der Waals surface area contributed by atoms with Gasteiger partial charge in [-0.1, -0.05) is 13.8 Å². The van der Waals surface area contributed by atoms with E-state index in [1.807, 2.05) is 6.92 Å². The lowest BCUT2D eigenvalue weighted by Gasteiger charge is -2.31. The highest BCUT2D eigenvalue weighted by molar-refractivity contribution is 6.00. The number of carbonyl (C=O) groups excluding carboxylic acids is 2. The molecule has 0 radical (unpaired) electrons. The number of amides is 1. The first-order chi connectivity index (χ1) is 18.5. The zero-order valence-corrected chi connectivity index (χ0v) is 20.8. The molecule has 0 aliphatic carbocycles. The number of carboxylic acids is 2. The van der Waals surface area contributed by atoms with Gasteiger partial charge in [-0.3, -0.25) is 10.1 Å². The predicted octanol–water partition coefficient (Wildman–Crippen LogP) is 1.27. The number of nitrogens with zero attached hydrogens (tertiary/aromatic N) is 2. The molecule has 1 aromatic carbocycles. The maximum Gasteiger partial charge on any atom is 0.413 e. The Morgan fingerprint density at radius 3 is 2.51 bits per heavy atom. The minimum atomic E-state index is -2.18. The minimum Gasteiger partial charge on any atom is -0.479 e. The SMILES string of the molecule is CCc1c2c(nc3ccc(OC(=O)NC(C(=O)O)C(=O)O)cc13)-c1cc3c(c(=O)n1C2)COC(=O)[C@]3(O)CC. The number of cyclic esters (lactones) is 1. The molecule has 1 atom stereocenters. The Hall–Kier alpha value is -4.78. The van der Waals surface area contributed by atoms with Gasteiger partial charge in [0, 0.05) is 16.5 Å². The molecule has 0 unspecified atom stereocenters. The number of aliphatic carboxylic acids is 2. The molecule has 202 valence electrons. The lowest BCUT2D eigenvalue weighted by atomic mass is 9.86. The molecule has 0 saturated carbocycles. The summed E-state index contributed by atoms with van der Waals surface area (Å²) in [6.45, 7) is 3.47. The predicted molar refractivity (Wildman–Crippen MR) is 132 cm³/mol. The van der Waals surface area contributed by atoms with E-state index in [0.717, 1.165) is 11.1 Å². The average Bonchev–Trinajstić information content (AvgIpc) is 3.26. The fourth-order valence-corrected chi connectivity index (χ4v) is 5.09. The number of pyridine rings is 2. The molecule has 13 heteroatoms. The van der Waals surface area contributed by atoms with E-state index in [-0.39, 0.29) is 36.4 Å². The van der Waals surface area contributed by atoms with Crippen molar-refractivity contribution in [3.63, 3.8) is 0 Å². The number of rotatable bonds is 6. The summed E-state index contributed by atoms with van der Waals surface area (Å²) in [7, 11) is 0. The second-order valence-corrected chi connectivity index (χ2v) is 9.20. The molecule has 0 bridgehead atoms. The average molecular weight is 537 g/mol. The molecule has 0 saturated heterocycles. The van der Waals surface area contributed by atoms with Crippen molar-refractivity contribution in [3.05, 3.63) is 56.9 Å². The Morgan fingerprint density at radius 1 is 1.15 bits per heavy atom. The first-order valence-electron chi connectivity index (χ1n) is 12.1. The molecule has 2 aliphatic rings. The fourth-order valence-electron chi connectivity index (χ4n) is 5.09. The monoisotopic (exact) mass is 537 g/mol.